The van der Waals surface area contributed by atoms with Crippen molar-refractivity contribution in [3.8, 4) is 11.1 Å². The molecule has 0 spiro atoms. The fourth-order valence-corrected chi connectivity index (χ4v) is 4.88. The van der Waals surface area contributed by atoms with Crippen LogP contribution in [0.1, 0.15) is 43.2 Å². The third-order valence-electron chi connectivity index (χ3n) is 6.69. The van der Waals surface area contributed by atoms with E-state index in [1.807, 2.05) is 24.3 Å². The zero-order valence-electron chi connectivity index (χ0n) is 19.4. The summed E-state index contributed by atoms with van der Waals surface area (Å²) < 4.78 is 11.3. The third-order valence-corrected chi connectivity index (χ3v) is 6.69. The third kappa shape index (κ3) is 4.77. The summed E-state index contributed by atoms with van der Waals surface area (Å²) in [5.74, 6) is -1.40. The minimum Gasteiger partial charge on any atom is -0.480 e. The molecule has 0 aromatic heterocycles. The van der Waals surface area contributed by atoms with Gasteiger partial charge >= 0.3 is 12.1 Å². The molecule has 3 unspecified atom stereocenters. The normalized spacial score (nSPS) is 19.7. The quantitative estimate of drug-likeness (QED) is 0.618. The van der Waals surface area contributed by atoms with Crippen molar-refractivity contribution < 1.29 is 29.0 Å². The Morgan fingerprint density at radius 3 is 2.29 bits per heavy atom. The predicted molar refractivity (Wildman–Crippen MR) is 125 cm³/mol. The van der Waals surface area contributed by atoms with E-state index >= 15 is 0 Å². The highest BCUT2D eigenvalue weighted by Gasteiger charge is 2.36. The number of likely N-dealkylation sites (N-methyl/N-ethyl adjacent to an activating group) is 1. The summed E-state index contributed by atoms with van der Waals surface area (Å²) in [5.41, 5.74) is 4.63. The summed E-state index contributed by atoms with van der Waals surface area (Å²) in [7, 11) is 1.48. The maximum Gasteiger partial charge on any atom is 0.407 e. The first-order chi connectivity index (χ1) is 16.4. The highest BCUT2D eigenvalue weighted by Crippen LogP contribution is 2.44. The van der Waals surface area contributed by atoms with Crippen molar-refractivity contribution in [1.29, 1.82) is 0 Å². The minimum absolute atomic E-state index is 0.0147. The van der Waals surface area contributed by atoms with Gasteiger partial charge in [0, 0.05) is 19.5 Å². The van der Waals surface area contributed by atoms with Gasteiger partial charge in [0.1, 0.15) is 18.8 Å². The van der Waals surface area contributed by atoms with Gasteiger partial charge in [0.15, 0.2) is 0 Å². The summed E-state index contributed by atoms with van der Waals surface area (Å²) in [5, 5.41) is 12.0. The summed E-state index contributed by atoms with van der Waals surface area (Å²) >= 11 is 0. The minimum atomic E-state index is -1.04. The smallest absolute Gasteiger partial charge is 0.407 e. The Hall–Kier alpha value is -3.39. The maximum atomic E-state index is 12.6. The Kier molecular flexibility index (Phi) is 7.17. The number of carboxylic acids is 1. The van der Waals surface area contributed by atoms with Gasteiger partial charge < -0.3 is 24.8 Å². The van der Waals surface area contributed by atoms with Gasteiger partial charge in [-0.2, -0.15) is 0 Å². The fourth-order valence-electron chi connectivity index (χ4n) is 4.88. The molecule has 1 saturated heterocycles. The summed E-state index contributed by atoms with van der Waals surface area (Å²) in [4.78, 5) is 37.5. The molecule has 34 heavy (non-hydrogen) atoms. The second-order valence-corrected chi connectivity index (χ2v) is 8.74. The van der Waals surface area contributed by atoms with Gasteiger partial charge in [-0.25, -0.2) is 9.59 Å². The van der Waals surface area contributed by atoms with E-state index in [2.05, 4.69) is 29.6 Å². The standard InChI is InChI=1S/C26H30N2O6/c1-3-22(25(30)31)28(2)24(29)23-13-12-16(34-23)14-27-26(32)33-15-21-19-10-6-4-8-17(19)18-9-5-7-11-20(18)21/h4-11,16,21-23H,3,12-15H2,1-2H3,(H,27,32)(H,30,31). The van der Waals surface area contributed by atoms with Crippen LogP contribution in [0, 0.1) is 0 Å². The molecule has 1 aliphatic carbocycles. The first-order valence-electron chi connectivity index (χ1n) is 11.6. The van der Waals surface area contributed by atoms with Crippen LogP contribution in [0.3, 0.4) is 0 Å². The lowest BCUT2D eigenvalue weighted by Gasteiger charge is -2.26. The second kappa shape index (κ2) is 10.3. The van der Waals surface area contributed by atoms with E-state index in [4.69, 9.17) is 9.47 Å². The Labute approximate surface area is 198 Å². The van der Waals surface area contributed by atoms with Crippen molar-refractivity contribution in [3.63, 3.8) is 0 Å². The zero-order valence-corrected chi connectivity index (χ0v) is 19.4. The van der Waals surface area contributed by atoms with Crippen molar-refractivity contribution in [3.05, 3.63) is 59.7 Å². The van der Waals surface area contributed by atoms with Gasteiger partial charge in [-0.3, -0.25) is 4.79 Å². The van der Waals surface area contributed by atoms with E-state index < -0.39 is 24.2 Å². The van der Waals surface area contributed by atoms with Crippen LogP contribution in [0.25, 0.3) is 11.1 Å². The largest absolute Gasteiger partial charge is 0.480 e. The first-order valence-corrected chi connectivity index (χ1v) is 11.6. The number of carbonyl (C=O) groups excluding carboxylic acids is 2. The van der Waals surface area contributed by atoms with E-state index in [0.29, 0.717) is 19.3 Å². The molecule has 2 N–H and O–H groups in total. The molecule has 2 aromatic rings. The number of nitrogens with zero attached hydrogens (tertiary/aromatic N) is 1. The lowest BCUT2D eigenvalue weighted by Crippen LogP contribution is -2.46. The number of fused-ring (bicyclic) bond motifs is 3. The van der Waals surface area contributed by atoms with E-state index in [1.165, 1.54) is 23.1 Å². The van der Waals surface area contributed by atoms with E-state index in [-0.39, 0.29) is 31.1 Å². The number of hydrogen-bond donors (Lipinski definition) is 2. The van der Waals surface area contributed by atoms with Crippen LogP contribution < -0.4 is 5.32 Å². The van der Waals surface area contributed by atoms with E-state index in [0.717, 1.165) is 11.1 Å². The van der Waals surface area contributed by atoms with Crippen molar-refractivity contribution in [2.75, 3.05) is 20.2 Å². The first kappa shape index (κ1) is 23.8. The van der Waals surface area contributed by atoms with Crippen LogP contribution in [-0.4, -0.2) is 66.4 Å². The molecule has 4 rings (SSSR count). The topological polar surface area (TPSA) is 105 Å². The number of hydrogen-bond acceptors (Lipinski definition) is 5. The number of amides is 2. The maximum absolute atomic E-state index is 12.6. The molecule has 2 amide bonds. The molecular formula is C26H30N2O6. The average molecular weight is 467 g/mol. The predicted octanol–water partition coefficient (Wildman–Crippen LogP) is 3.39. The van der Waals surface area contributed by atoms with Crippen molar-refractivity contribution in [2.24, 2.45) is 0 Å². The molecule has 1 heterocycles. The van der Waals surface area contributed by atoms with Gasteiger partial charge in [-0.05, 0) is 41.5 Å². The average Bonchev–Trinajstić information content (AvgIpc) is 3.44. The number of aliphatic carboxylic acids is 1. The molecule has 3 atom stereocenters. The van der Waals surface area contributed by atoms with Crippen LogP contribution in [0.4, 0.5) is 4.79 Å². The van der Waals surface area contributed by atoms with E-state index in [9.17, 15) is 19.5 Å². The summed E-state index contributed by atoms with van der Waals surface area (Å²) in [6.07, 6.45) is -0.166. The fraction of sp³-hybridized carbons (Fsp3) is 0.423. The van der Waals surface area contributed by atoms with Crippen molar-refractivity contribution in [2.45, 2.75) is 50.4 Å². The van der Waals surface area contributed by atoms with Gasteiger partial charge in [0.25, 0.3) is 5.91 Å². The lowest BCUT2D eigenvalue weighted by atomic mass is 9.98. The molecule has 0 bridgehead atoms. The zero-order chi connectivity index (χ0) is 24.2. The molecule has 2 aliphatic rings. The van der Waals surface area contributed by atoms with Crippen LogP contribution in [0.15, 0.2) is 48.5 Å². The lowest BCUT2D eigenvalue weighted by molar-refractivity contribution is -0.154. The highest BCUT2D eigenvalue weighted by molar-refractivity contribution is 5.86. The highest BCUT2D eigenvalue weighted by atomic mass is 16.5. The SMILES string of the molecule is CCC(C(=O)O)N(C)C(=O)C1CCC(CNC(=O)OCC2c3ccccc3-c3ccccc32)O1. The van der Waals surface area contributed by atoms with Gasteiger partial charge in [-0.15, -0.1) is 0 Å². The number of carbonyl (C=O) groups is 3. The van der Waals surface area contributed by atoms with Crippen molar-refractivity contribution >= 4 is 18.0 Å². The number of ether oxygens (including phenoxy) is 2. The number of rotatable bonds is 8. The Balaban J connectivity index is 1.26. The van der Waals surface area contributed by atoms with Gasteiger partial charge in [-0.1, -0.05) is 55.5 Å². The number of nitrogens with one attached hydrogen (secondary N) is 1. The number of benzene rings is 2. The molecule has 8 heteroatoms. The van der Waals surface area contributed by atoms with Crippen molar-refractivity contribution in [1.82, 2.24) is 10.2 Å². The summed E-state index contributed by atoms with van der Waals surface area (Å²) in [6, 6.07) is 15.4. The molecule has 0 radical (unpaired) electrons. The molecule has 1 fully saturated rings. The molecule has 180 valence electrons. The molecular weight excluding hydrogens is 436 g/mol. The molecule has 8 nitrogen and oxygen atoms in total. The molecule has 2 aromatic carbocycles. The Bertz CT molecular complexity index is 1030. The Morgan fingerprint density at radius 1 is 1.09 bits per heavy atom. The monoisotopic (exact) mass is 466 g/mol. The Morgan fingerprint density at radius 2 is 1.71 bits per heavy atom. The van der Waals surface area contributed by atoms with E-state index in [1.54, 1.807) is 6.92 Å². The summed E-state index contributed by atoms with van der Waals surface area (Å²) in [6.45, 7) is 2.17. The molecule has 0 saturated carbocycles. The second-order valence-electron chi connectivity index (χ2n) is 8.74. The van der Waals surface area contributed by atoms with Gasteiger partial charge in [0.05, 0.1) is 6.10 Å². The van der Waals surface area contributed by atoms with Crippen LogP contribution in [0.2, 0.25) is 0 Å². The number of carboxylic acid groups (broad SMARTS) is 1. The number of alkyl carbamates (subject to hydrolysis) is 1. The van der Waals surface area contributed by atoms with Crippen LogP contribution in [0.5, 0.6) is 0 Å². The van der Waals surface area contributed by atoms with Crippen LogP contribution >= 0.6 is 0 Å². The van der Waals surface area contributed by atoms with Crippen LogP contribution in [-0.2, 0) is 19.1 Å². The van der Waals surface area contributed by atoms with Gasteiger partial charge in [0.2, 0.25) is 0 Å². The molecule has 1 aliphatic heterocycles.